The van der Waals surface area contributed by atoms with Crippen LogP contribution in [-0.4, -0.2) is 25.2 Å². The number of carbonyl (C=O) groups excluding carboxylic acids is 2. The first-order valence-corrected chi connectivity index (χ1v) is 5.97. The molecule has 0 aliphatic carbocycles. The Morgan fingerprint density at radius 3 is 2.35 bits per heavy atom. The molecule has 1 aromatic rings. The smallest absolute Gasteiger partial charge is 0.382 e. The molecule has 0 saturated heterocycles. The van der Waals surface area contributed by atoms with Gasteiger partial charge in [0.25, 0.3) is 0 Å². The van der Waals surface area contributed by atoms with E-state index in [1.165, 1.54) is 26.0 Å². The lowest BCUT2D eigenvalue weighted by atomic mass is 9.99. The second-order valence-corrected chi connectivity index (χ2v) is 3.79. The average Bonchev–Trinajstić information content (AvgIpc) is 2.38. The average molecular weight is 287 g/mol. The highest BCUT2D eigenvalue weighted by molar-refractivity contribution is 5.96. The second-order valence-electron chi connectivity index (χ2n) is 3.79. The Morgan fingerprint density at radius 1 is 1.20 bits per heavy atom. The molecule has 1 rings (SSSR count). The van der Waals surface area contributed by atoms with Gasteiger partial charge in [-0.05, 0) is 26.0 Å². The van der Waals surface area contributed by atoms with E-state index >= 15 is 0 Å². The molecule has 0 radical (unpaired) electrons. The summed E-state index contributed by atoms with van der Waals surface area (Å²) in [5.41, 5.74) is 3.75. The quantitative estimate of drug-likeness (QED) is 0.662. The van der Waals surface area contributed by atoms with Gasteiger partial charge in [-0.15, -0.1) is 0 Å². The number of anilines is 1. The first-order valence-electron chi connectivity index (χ1n) is 5.97. The Labute approximate surface area is 114 Å². The van der Waals surface area contributed by atoms with E-state index < -0.39 is 29.0 Å². The Bertz CT molecular complexity index is 517. The lowest BCUT2D eigenvalue weighted by molar-refractivity contribution is -0.173. The van der Waals surface area contributed by atoms with E-state index in [-0.39, 0.29) is 18.9 Å². The number of alkyl halides is 2. The molecule has 20 heavy (non-hydrogen) atoms. The fourth-order valence-electron chi connectivity index (χ4n) is 1.62. The summed E-state index contributed by atoms with van der Waals surface area (Å²) < 4.78 is 37.2. The third-order valence-corrected chi connectivity index (χ3v) is 2.44. The van der Waals surface area contributed by atoms with Crippen LogP contribution in [0.15, 0.2) is 18.2 Å². The summed E-state index contributed by atoms with van der Waals surface area (Å²) in [7, 11) is 0. The number of halogens is 2. The first kappa shape index (κ1) is 15.9. The number of nitrogens with two attached hydrogens (primary N) is 1. The van der Waals surface area contributed by atoms with Gasteiger partial charge in [0, 0.05) is 5.69 Å². The summed E-state index contributed by atoms with van der Waals surface area (Å²) in [4.78, 5) is 23.1. The van der Waals surface area contributed by atoms with Gasteiger partial charge < -0.3 is 15.2 Å². The van der Waals surface area contributed by atoms with Crippen molar-refractivity contribution >= 4 is 17.6 Å². The van der Waals surface area contributed by atoms with Crippen molar-refractivity contribution < 1.29 is 27.8 Å². The molecule has 0 spiro atoms. The van der Waals surface area contributed by atoms with Crippen LogP contribution >= 0.6 is 0 Å². The molecule has 0 unspecified atom stereocenters. The molecular weight excluding hydrogens is 272 g/mol. The zero-order valence-electron chi connectivity index (χ0n) is 11.1. The molecule has 0 aromatic heterocycles. The Kier molecular flexibility index (Phi) is 5.01. The number of benzene rings is 1. The molecular formula is C13H15F2NO4. The topological polar surface area (TPSA) is 78.6 Å². The van der Waals surface area contributed by atoms with Crippen molar-refractivity contribution in [3.05, 3.63) is 29.3 Å². The van der Waals surface area contributed by atoms with Gasteiger partial charge in [-0.1, -0.05) is 6.07 Å². The Balaban J connectivity index is 3.35. The molecule has 110 valence electrons. The van der Waals surface area contributed by atoms with Crippen LogP contribution < -0.4 is 5.73 Å². The van der Waals surface area contributed by atoms with Gasteiger partial charge in [0.15, 0.2) is 0 Å². The fourth-order valence-corrected chi connectivity index (χ4v) is 1.62. The summed E-state index contributed by atoms with van der Waals surface area (Å²) in [6.07, 6.45) is 0. The normalized spacial score (nSPS) is 11.0. The summed E-state index contributed by atoms with van der Waals surface area (Å²) in [5, 5.41) is 0. The van der Waals surface area contributed by atoms with Crippen LogP contribution in [0.4, 0.5) is 14.5 Å². The third kappa shape index (κ3) is 3.04. The van der Waals surface area contributed by atoms with Crippen LogP contribution in [0.3, 0.4) is 0 Å². The van der Waals surface area contributed by atoms with Crippen LogP contribution in [0, 0.1) is 0 Å². The fraction of sp³-hybridized carbons (Fsp3) is 0.385. The SMILES string of the molecule is CCOC(=O)c1cccc(N)c1C(F)(F)C(=O)OCC. The second kappa shape index (κ2) is 6.31. The van der Waals surface area contributed by atoms with E-state index in [0.717, 1.165) is 6.07 Å². The minimum Gasteiger partial charge on any atom is -0.462 e. The van der Waals surface area contributed by atoms with Gasteiger partial charge in [-0.2, -0.15) is 8.78 Å². The van der Waals surface area contributed by atoms with Crippen LogP contribution in [0.25, 0.3) is 0 Å². The third-order valence-electron chi connectivity index (χ3n) is 2.44. The van der Waals surface area contributed by atoms with Crippen LogP contribution in [0.1, 0.15) is 29.8 Å². The van der Waals surface area contributed by atoms with Crippen molar-refractivity contribution in [1.29, 1.82) is 0 Å². The molecule has 0 bridgehead atoms. The summed E-state index contributed by atoms with van der Waals surface area (Å²) in [5.74, 6) is -6.76. The molecule has 1 aromatic carbocycles. The molecule has 0 amide bonds. The molecule has 0 atom stereocenters. The van der Waals surface area contributed by atoms with Gasteiger partial charge in [0.2, 0.25) is 0 Å². The number of esters is 2. The highest BCUT2D eigenvalue weighted by atomic mass is 19.3. The molecule has 0 heterocycles. The van der Waals surface area contributed by atoms with E-state index in [1.807, 2.05) is 0 Å². The van der Waals surface area contributed by atoms with Gasteiger partial charge in [0.1, 0.15) is 0 Å². The number of carbonyl (C=O) groups is 2. The van der Waals surface area contributed by atoms with E-state index in [1.54, 1.807) is 0 Å². The number of nitrogen functional groups attached to an aromatic ring is 1. The maximum atomic E-state index is 14.1. The number of ether oxygens (including phenoxy) is 2. The standard InChI is InChI=1S/C13H15F2NO4/c1-3-19-11(17)8-6-5-7-9(16)10(8)13(14,15)12(18)20-4-2/h5-7H,3-4,16H2,1-2H3. The van der Waals surface area contributed by atoms with Crippen LogP contribution in [0.5, 0.6) is 0 Å². The van der Waals surface area contributed by atoms with E-state index in [4.69, 9.17) is 5.73 Å². The predicted octanol–water partition coefficient (Wildman–Crippen LogP) is 2.10. The van der Waals surface area contributed by atoms with Gasteiger partial charge >= 0.3 is 17.9 Å². The number of rotatable bonds is 5. The monoisotopic (exact) mass is 287 g/mol. The number of hydrogen-bond acceptors (Lipinski definition) is 5. The lowest BCUT2D eigenvalue weighted by Gasteiger charge is -2.19. The summed E-state index contributed by atoms with van der Waals surface area (Å²) >= 11 is 0. The van der Waals surface area contributed by atoms with Crippen LogP contribution in [-0.2, 0) is 20.2 Å². The highest BCUT2D eigenvalue weighted by Crippen LogP contribution is 2.36. The zero-order chi connectivity index (χ0) is 15.3. The Hall–Kier alpha value is -2.18. The molecule has 0 aliphatic heterocycles. The van der Waals surface area contributed by atoms with Crippen LogP contribution in [0.2, 0.25) is 0 Å². The van der Waals surface area contributed by atoms with E-state index in [0.29, 0.717) is 0 Å². The lowest BCUT2D eigenvalue weighted by Crippen LogP contribution is -2.31. The predicted molar refractivity (Wildman–Crippen MR) is 67.3 cm³/mol. The molecule has 0 aliphatic rings. The molecule has 2 N–H and O–H groups in total. The largest absolute Gasteiger partial charge is 0.462 e. The zero-order valence-corrected chi connectivity index (χ0v) is 11.1. The van der Waals surface area contributed by atoms with Crippen molar-refractivity contribution in [3.8, 4) is 0 Å². The molecule has 0 fully saturated rings. The van der Waals surface area contributed by atoms with Crippen molar-refractivity contribution in [1.82, 2.24) is 0 Å². The maximum Gasteiger partial charge on any atom is 0.382 e. The summed E-state index contributed by atoms with van der Waals surface area (Å²) in [6.45, 7) is 2.73. The van der Waals surface area contributed by atoms with Gasteiger partial charge in [-0.25, -0.2) is 9.59 Å². The number of hydrogen-bond donors (Lipinski definition) is 1. The minimum absolute atomic E-state index is 0.0120. The van der Waals surface area contributed by atoms with E-state index in [2.05, 4.69) is 9.47 Å². The van der Waals surface area contributed by atoms with Crippen molar-refractivity contribution in [2.24, 2.45) is 0 Å². The van der Waals surface area contributed by atoms with Crippen molar-refractivity contribution in [3.63, 3.8) is 0 Å². The molecule has 7 heteroatoms. The maximum absolute atomic E-state index is 14.1. The van der Waals surface area contributed by atoms with Crippen molar-refractivity contribution in [2.75, 3.05) is 18.9 Å². The molecule has 5 nitrogen and oxygen atoms in total. The highest BCUT2D eigenvalue weighted by Gasteiger charge is 2.47. The summed E-state index contributed by atoms with van der Waals surface area (Å²) in [6, 6.07) is 3.62. The van der Waals surface area contributed by atoms with Gasteiger partial charge in [-0.3, -0.25) is 0 Å². The van der Waals surface area contributed by atoms with E-state index in [9.17, 15) is 18.4 Å². The minimum atomic E-state index is -4.02. The Morgan fingerprint density at radius 2 is 1.80 bits per heavy atom. The first-order chi connectivity index (χ1) is 9.36. The van der Waals surface area contributed by atoms with Crippen molar-refractivity contribution in [2.45, 2.75) is 19.8 Å². The molecule has 0 saturated carbocycles. The van der Waals surface area contributed by atoms with Gasteiger partial charge in [0.05, 0.1) is 24.3 Å².